The third-order valence-corrected chi connectivity index (χ3v) is 5.90. The van der Waals surface area contributed by atoms with Gasteiger partial charge >= 0.3 is 6.03 Å². The molecule has 0 bridgehead atoms. The number of nitriles is 1. The van der Waals surface area contributed by atoms with Crippen LogP contribution in [0.4, 0.5) is 15.6 Å². The summed E-state index contributed by atoms with van der Waals surface area (Å²) in [6, 6.07) is 19.1. The van der Waals surface area contributed by atoms with E-state index in [0.29, 0.717) is 30.9 Å². The maximum atomic E-state index is 12.7. The Morgan fingerprint density at radius 3 is 2.67 bits per heavy atom. The summed E-state index contributed by atoms with van der Waals surface area (Å²) in [6.45, 7) is 4.07. The fourth-order valence-corrected chi connectivity index (χ4v) is 4.20. The molecule has 1 atom stereocenters. The zero-order valence-electron chi connectivity index (χ0n) is 16.7. The van der Waals surface area contributed by atoms with Gasteiger partial charge in [0.05, 0.1) is 11.6 Å². The Bertz CT molecular complexity index is 1040. The molecule has 30 heavy (non-hydrogen) atoms. The molecule has 1 aliphatic rings. The average Bonchev–Trinajstić information content (AvgIpc) is 3.23. The summed E-state index contributed by atoms with van der Waals surface area (Å²) in [4.78, 5) is 21.4. The molecule has 1 fully saturated rings. The van der Waals surface area contributed by atoms with Crippen LogP contribution >= 0.6 is 11.5 Å². The lowest BCUT2D eigenvalue weighted by atomic mass is 10.1. The number of carbonyl (C=O) groups is 1. The minimum atomic E-state index is -0.131. The first-order valence-electron chi connectivity index (χ1n) is 9.81. The second-order valence-corrected chi connectivity index (χ2v) is 7.99. The van der Waals surface area contributed by atoms with E-state index in [1.54, 1.807) is 24.3 Å². The van der Waals surface area contributed by atoms with Crippen molar-refractivity contribution in [2.75, 3.05) is 29.9 Å². The van der Waals surface area contributed by atoms with E-state index in [2.05, 4.69) is 32.8 Å². The van der Waals surface area contributed by atoms with Gasteiger partial charge in [0.15, 0.2) is 0 Å². The molecule has 2 heterocycles. The predicted molar refractivity (Wildman–Crippen MR) is 118 cm³/mol. The topological polar surface area (TPSA) is 85.2 Å². The summed E-state index contributed by atoms with van der Waals surface area (Å²) < 4.78 is 4.51. The van der Waals surface area contributed by atoms with E-state index in [9.17, 15) is 4.79 Å². The molecule has 1 aromatic heterocycles. The molecule has 2 aromatic carbocycles. The summed E-state index contributed by atoms with van der Waals surface area (Å²) in [5, 5.41) is 12.7. The number of piperazine rings is 1. The van der Waals surface area contributed by atoms with Crippen molar-refractivity contribution >= 4 is 28.4 Å². The number of nitrogens with one attached hydrogen (secondary N) is 1. The van der Waals surface area contributed by atoms with Gasteiger partial charge < -0.3 is 15.1 Å². The third-order valence-electron chi connectivity index (χ3n) is 5.09. The highest BCUT2D eigenvalue weighted by atomic mass is 32.1. The van der Waals surface area contributed by atoms with Crippen LogP contribution in [-0.4, -0.2) is 46.0 Å². The normalized spacial score (nSPS) is 16.2. The van der Waals surface area contributed by atoms with Crippen LogP contribution < -0.4 is 10.2 Å². The lowest BCUT2D eigenvalue weighted by Crippen LogP contribution is -2.55. The van der Waals surface area contributed by atoms with Crippen molar-refractivity contribution in [3.8, 4) is 6.07 Å². The molecule has 0 saturated carbocycles. The Kier molecular flexibility index (Phi) is 5.91. The molecule has 2 amide bonds. The van der Waals surface area contributed by atoms with Crippen molar-refractivity contribution in [2.24, 2.45) is 0 Å². The number of rotatable bonds is 4. The number of hydrogen-bond acceptors (Lipinski definition) is 6. The van der Waals surface area contributed by atoms with Crippen LogP contribution in [0, 0.1) is 11.3 Å². The number of carbonyl (C=O) groups excluding carboxylic acids is 1. The zero-order chi connectivity index (χ0) is 20.9. The molecule has 4 rings (SSSR count). The Morgan fingerprint density at radius 2 is 1.97 bits per heavy atom. The van der Waals surface area contributed by atoms with E-state index in [-0.39, 0.29) is 12.1 Å². The van der Waals surface area contributed by atoms with Gasteiger partial charge in [-0.25, -0.2) is 9.78 Å². The summed E-state index contributed by atoms with van der Waals surface area (Å²) in [5.41, 5.74) is 2.45. The molecule has 1 aliphatic heterocycles. The van der Waals surface area contributed by atoms with E-state index in [0.717, 1.165) is 17.4 Å². The first kappa shape index (κ1) is 19.9. The molecule has 1 saturated heterocycles. The summed E-state index contributed by atoms with van der Waals surface area (Å²) in [7, 11) is 0. The van der Waals surface area contributed by atoms with Gasteiger partial charge in [-0.15, -0.1) is 0 Å². The maximum Gasteiger partial charge on any atom is 0.322 e. The van der Waals surface area contributed by atoms with Gasteiger partial charge in [-0.3, -0.25) is 0 Å². The molecular weight excluding hydrogens is 396 g/mol. The summed E-state index contributed by atoms with van der Waals surface area (Å²) in [6.07, 6.45) is 0.722. The van der Waals surface area contributed by atoms with Gasteiger partial charge in [-0.05, 0) is 36.8 Å². The molecule has 0 aliphatic carbocycles. The van der Waals surface area contributed by atoms with Gasteiger partial charge in [0.2, 0.25) is 5.13 Å². The third kappa shape index (κ3) is 4.58. The summed E-state index contributed by atoms with van der Waals surface area (Å²) >= 11 is 1.41. The number of hydrogen-bond donors (Lipinski definition) is 1. The maximum absolute atomic E-state index is 12.7. The Hall–Kier alpha value is -3.44. The largest absolute Gasteiger partial charge is 0.343 e. The summed E-state index contributed by atoms with van der Waals surface area (Å²) in [5.74, 6) is 0.829. The average molecular weight is 419 g/mol. The lowest BCUT2D eigenvalue weighted by Gasteiger charge is -2.39. The van der Waals surface area contributed by atoms with E-state index in [4.69, 9.17) is 10.2 Å². The fourth-order valence-electron chi connectivity index (χ4n) is 3.48. The lowest BCUT2D eigenvalue weighted by molar-refractivity contribution is 0.185. The molecular formula is C22H22N6OS. The zero-order valence-corrected chi connectivity index (χ0v) is 17.5. The van der Waals surface area contributed by atoms with Gasteiger partial charge in [-0.2, -0.15) is 9.64 Å². The van der Waals surface area contributed by atoms with Crippen molar-refractivity contribution in [1.82, 2.24) is 14.3 Å². The van der Waals surface area contributed by atoms with Crippen molar-refractivity contribution in [1.29, 1.82) is 5.26 Å². The van der Waals surface area contributed by atoms with Gasteiger partial charge in [-0.1, -0.05) is 30.3 Å². The second-order valence-electron chi connectivity index (χ2n) is 7.26. The van der Waals surface area contributed by atoms with Crippen molar-refractivity contribution in [3.05, 3.63) is 71.5 Å². The molecule has 152 valence electrons. The highest BCUT2D eigenvalue weighted by Gasteiger charge is 2.29. The molecule has 7 nitrogen and oxygen atoms in total. The van der Waals surface area contributed by atoms with Crippen LogP contribution in [0.25, 0.3) is 0 Å². The molecule has 0 radical (unpaired) electrons. The molecule has 3 aromatic rings. The van der Waals surface area contributed by atoms with Crippen molar-refractivity contribution < 1.29 is 4.79 Å². The SMILES string of the molecule is C[C@H]1CN(c2nc(Cc3ccccc3)ns2)CCN1C(=O)Nc1ccc(C#N)cc1. The first-order chi connectivity index (χ1) is 14.6. The number of urea groups is 1. The van der Waals surface area contributed by atoms with E-state index < -0.39 is 0 Å². The van der Waals surface area contributed by atoms with Gasteiger partial charge in [0.25, 0.3) is 0 Å². The van der Waals surface area contributed by atoms with Gasteiger partial charge in [0.1, 0.15) is 5.82 Å². The molecule has 8 heteroatoms. The van der Waals surface area contributed by atoms with Crippen molar-refractivity contribution in [2.45, 2.75) is 19.4 Å². The minimum Gasteiger partial charge on any atom is -0.343 e. The van der Waals surface area contributed by atoms with Crippen LogP contribution in [0.5, 0.6) is 0 Å². The smallest absolute Gasteiger partial charge is 0.322 e. The van der Waals surface area contributed by atoms with Crippen LogP contribution in [0.2, 0.25) is 0 Å². The Balaban J connectivity index is 1.34. The van der Waals surface area contributed by atoms with E-state index in [1.807, 2.05) is 30.0 Å². The quantitative estimate of drug-likeness (QED) is 0.698. The number of aromatic nitrogens is 2. The number of anilines is 2. The fraction of sp³-hybridized carbons (Fsp3) is 0.273. The predicted octanol–water partition coefficient (Wildman–Crippen LogP) is 3.74. The highest BCUT2D eigenvalue weighted by Crippen LogP contribution is 2.23. The first-order valence-corrected chi connectivity index (χ1v) is 10.6. The number of amides is 2. The molecule has 0 spiro atoms. The number of nitrogens with zero attached hydrogens (tertiary/aromatic N) is 5. The van der Waals surface area contributed by atoms with Crippen LogP contribution in [0.15, 0.2) is 54.6 Å². The van der Waals surface area contributed by atoms with Crippen molar-refractivity contribution in [3.63, 3.8) is 0 Å². The van der Waals surface area contributed by atoms with Gasteiger partial charge in [0, 0.05) is 49.3 Å². The standard InChI is InChI=1S/C22H22N6OS/c1-16-15-27(22-25-20(26-30-22)13-17-5-3-2-4-6-17)11-12-28(16)21(29)24-19-9-7-18(14-23)8-10-19/h2-10,16H,11-13,15H2,1H3,(H,24,29)/t16-/m0/s1. The second kappa shape index (κ2) is 8.93. The van der Waals surface area contributed by atoms with E-state index >= 15 is 0 Å². The Labute approximate surface area is 179 Å². The number of benzene rings is 2. The monoisotopic (exact) mass is 418 g/mol. The van der Waals surface area contributed by atoms with Crippen LogP contribution in [-0.2, 0) is 6.42 Å². The van der Waals surface area contributed by atoms with Crippen LogP contribution in [0.1, 0.15) is 23.9 Å². The Morgan fingerprint density at radius 1 is 1.20 bits per heavy atom. The molecule has 0 unspecified atom stereocenters. The van der Waals surface area contributed by atoms with E-state index in [1.165, 1.54) is 17.1 Å². The van der Waals surface area contributed by atoms with Crippen LogP contribution in [0.3, 0.4) is 0 Å². The molecule has 1 N–H and O–H groups in total. The minimum absolute atomic E-state index is 0.0404. The highest BCUT2D eigenvalue weighted by molar-refractivity contribution is 7.09.